The Bertz CT molecular complexity index is 1030. The first kappa shape index (κ1) is 18.2. The summed E-state index contributed by atoms with van der Waals surface area (Å²) < 4.78 is 5.90. The Morgan fingerprint density at radius 3 is 2.36 bits per heavy atom. The van der Waals surface area contributed by atoms with Gasteiger partial charge < -0.3 is 9.84 Å². The number of ketones is 1. The Kier molecular flexibility index (Phi) is 4.31. The van der Waals surface area contributed by atoms with Crippen molar-refractivity contribution in [3.8, 4) is 11.1 Å². The predicted octanol–water partition coefficient (Wildman–Crippen LogP) is 5.87. The number of aliphatic hydroxyl groups excluding tert-OH is 1. The van der Waals surface area contributed by atoms with E-state index in [-0.39, 0.29) is 35.6 Å². The minimum Gasteiger partial charge on any atom is -0.511 e. The molecule has 0 aromatic heterocycles. The predicted molar refractivity (Wildman–Crippen MR) is 111 cm³/mol. The molecule has 4 atom stereocenters. The summed E-state index contributed by atoms with van der Waals surface area (Å²) in [6.07, 6.45) is 2.52. The summed E-state index contributed by atoms with van der Waals surface area (Å²) >= 11 is 12.2. The minimum atomic E-state index is -0.230. The second kappa shape index (κ2) is 6.62. The molecule has 5 rings (SSSR count). The van der Waals surface area contributed by atoms with Crippen LogP contribution in [0.1, 0.15) is 30.9 Å². The molecule has 3 aliphatic rings. The van der Waals surface area contributed by atoms with Crippen LogP contribution in [-0.2, 0) is 16.0 Å². The van der Waals surface area contributed by atoms with Crippen molar-refractivity contribution < 1.29 is 14.6 Å². The molecule has 2 fully saturated rings. The number of hydrogen-bond donors (Lipinski definition) is 1. The molecular formula is C23H20Cl2O3. The molecule has 2 heterocycles. The number of hydrogen-bond acceptors (Lipinski definition) is 3. The molecule has 5 heteroatoms. The van der Waals surface area contributed by atoms with Gasteiger partial charge in [0.15, 0.2) is 5.78 Å². The molecule has 2 aliphatic heterocycles. The normalized spacial score (nSPS) is 28.3. The van der Waals surface area contributed by atoms with Crippen LogP contribution in [0.15, 0.2) is 42.2 Å². The van der Waals surface area contributed by atoms with Gasteiger partial charge in [0, 0.05) is 0 Å². The Morgan fingerprint density at radius 2 is 1.68 bits per heavy atom. The molecule has 0 radical (unpaired) electrons. The van der Waals surface area contributed by atoms with Crippen LogP contribution in [0.2, 0.25) is 10.0 Å². The zero-order valence-corrected chi connectivity index (χ0v) is 16.9. The zero-order chi connectivity index (χ0) is 19.6. The van der Waals surface area contributed by atoms with Crippen LogP contribution in [0, 0.1) is 11.8 Å². The molecule has 28 heavy (non-hydrogen) atoms. The Hall–Kier alpha value is -1.81. The third-order valence-corrected chi connectivity index (χ3v) is 7.15. The number of rotatable bonds is 3. The highest BCUT2D eigenvalue weighted by Crippen LogP contribution is 2.54. The molecule has 1 aliphatic carbocycles. The van der Waals surface area contributed by atoms with Crippen molar-refractivity contribution in [2.24, 2.45) is 11.8 Å². The molecule has 0 amide bonds. The number of carbonyl (C=O) groups excluding carboxylic acids is 1. The molecule has 144 valence electrons. The van der Waals surface area contributed by atoms with Crippen LogP contribution in [0.3, 0.4) is 0 Å². The van der Waals surface area contributed by atoms with Gasteiger partial charge in [-0.1, -0.05) is 48.3 Å². The van der Waals surface area contributed by atoms with E-state index in [2.05, 4.69) is 6.92 Å². The van der Waals surface area contributed by atoms with E-state index in [1.54, 1.807) is 6.07 Å². The lowest BCUT2D eigenvalue weighted by Crippen LogP contribution is -2.29. The van der Waals surface area contributed by atoms with Crippen molar-refractivity contribution in [1.82, 2.24) is 0 Å². The Morgan fingerprint density at radius 1 is 1.00 bits per heavy atom. The smallest absolute Gasteiger partial charge is 0.173 e. The average Bonchev–Trinajstić information content (AvgIpc) is 3.37. The van der Waals surface area contributed by atoms with E-state index in [1.807, 2.05) is 30.3 Å². The van der Waals surface area contributed by atoms with Gasteiger partial charge in [0.25, 0.3) is 0 Å². The van der Waals surface area contributed by atoms with Gasteiger partial charge in [-0.3, -0.25) is 4.79 Å². The van der Waals surface area contributed by atoms with Crippen LogP contribution in [0.5, 0.6) is 0 Å². The molecule has 2 aromatic carbocycles. The van der Waals surface area contributed by atoms with Crippen LogP contribution in [0.4, 0.5) is 0 Å². The topological polar surface area (TPSA) is 46.5 Å². The van der Waals surface area contributed by atoms with Gasteiger partial charge in [-0.05, 0) is 59.7 Å². The second-order valence-corrected chi connectivity index (χ2v) is 8.64. The molecule has 0 saturated carbocycles. The summed E-state index contributed by atoms with van der Waals surface area (Å²) in [7, 11) is 0. The third-order valence-electron chi connectivity index (χ3n) is 6.41. The monoisotopic (exact) mass is 414 g/mol. The largest absolute Gasteiger partial charge is 0.511 e. The summed E-state index contributed by atoms with van der Waals surface area (Å²) in [5.74, 6) is -0.175. The Balaban J connectivity index is 1.63. The van der Waals surface area contributed by atoms with E-state index in [0.29, 0.717) is 15.6 Å². The van der Waals surface area contributed by atoms with E-state index in [0.717, 1.165) is 41.5 Å². The number of aliphatic hydroxyl groups is 1. The molecule has 0 spiro atoms. The number of ether oxygens (including phenoxy) is 1. The lowest BCUT2D eigenvalue weighted by molar-refractivity contribution is -0.118. The first-order valence-electron chi connectivity index (χ1n) is 9.71. The van der Waals surface area contributed by atoms with E-state index in [9.17, 15) is 9.90 Å². The maximum atomic E-state index is 13.3. The highest BCUT2D eigenvalue weighted by Gasteiger charge is 2.59. The fourth-order valence-corrected chi connectivity index (χ4v) is 5.36. The lowest BCUT2D eigenvalue weighted by atomic mass is 9.80. The highest BCUT2D eigenvalue weighted by atomic mass is 35.5. The van der Waals surface area contributed by atoms with Gasteiger partial charge in [0.05, 0.1) is 39.7 Å². The molecule has 2 unspecified atom stereocenters. The maximum absolute atomic E-state index is 13.3. The van der Waals surface area contributed by atoms with Crippen LogP contribution >= 0.6 is 23.2 Å². The quantitative estimate of drug-likeness (QED) is 0.682. The van der Waals surface area contributed by atoms with Gasteiger partial charge in [0.2, 0.25) is 0 Å². The average molecular weight is 415 g/mol. The van der Waals surface area contributed by atoms with Crippen molar-refractivity contribution in [2.45, 2.75) is 38.4 Å². The van der Waals surface area contributed by atoms with Gasteiger partial charge in [-0.25, -0.2) is 0 Å². The summed E-state index contributed by atoms with van der Waals surface area (Å²) in [5, 5.41) is 12.0. The van der Waals surface area contributed by atoms with Crippen LogP contribution in [-0.4, -0.2) is 23.1 Å². The summed E-state index contributed by atoms with van der Waals surface area (Å²) in [6, 6.07) is 11.5. The number of Topliss-reactive ketones (excluding diaryl/α,β-unsaturated/α-hetero) is 1. The number of aryl methyl sites for hydroxylation is 1. The Labute approximate surface area is 173 Å². The maximum Gasteiger partial charge on any atom is 0.173 e. The number of allylic oxidation sites excluding steroid dienone is 1. The molecular weight excluding hydrogens is 395 g/mol. The third kappa shape index (κ3) is 2.57. The molecule has 1 N–H and O–H groups in total. The first-order chi connectivity index (χ1) is 13.5. The number of halogens is 2. The lowest BCUT2D eigenvalue weighted by Gasteiger charge is -2.19. The van der Waals surface area contributed by atoms with Crippen molar-refractivity contribution in [3.05, 3.63) is 63.3 Å². The fraction of sp³-hybridized carbons (Fsp3) is 0.348. The first-order valence-corrected chi connectivity index (χ1v) is 10.5. The second-order valence-electron chi connectivity index (χ2n) is 7.82. The summed E-state index contributed by atoms with van der Waals surface area (Å²) in [6.45, 7) is 2.06. The van der Waals surface area contributed by atoms with Crippen molar-refractivity contribution >= 4 is 34.6 Å². The number of carbonyl (C=O) groups is 1. The zero-order valence-electron chi connectivity index (χ0n) is 15.4. The van der Waals surface area contributed by atoms with Crippen molar-refractivity contribution in [1.29, 1.82) is 0 Å². The molecule has 2 bridgehead atoms. The van der Waals surface area contributed by atoms with Gasteiger partial charge in [-0.15, -0.1) is 0 Å². The van der Waals surface area contributed by atoms with Crippen LogP contribution < -0.4 is 0 Å². The van der Waals surface area contributed by atoms with E-state index >= 15 is 0 Å². The van der Waals surface area contributed by atoms with Gasteiger partial charge >= 0.3 is 0 Å². The van der Waals surface area contributed by atoms with E-state index in [1.165, 1.54) is 0 Å². The molecule has 2 aromatic rings. The standard InChI is InChI=1S/C23H20Cl2O3/c1-2-11-3-4-12(13-5-6-15(24)16(25)10-13)9-14(11)19-22(26)20-17-7-8-18(28-17)21(20)23(19)27/h3-6,9-10,17-18,20-21,26H,2,7-8H2,1H3/t17?,18?,20-,21+/m0/s1. The van der Waals surface area contributed by atoms with E-state index in [4.69, 9.17) is 27.9 Å². The SMILES string of the molecule is CCc1ccc(-c2ccc(Cl)c(Cl)c2)cc1C1=C(O)[C@H]2C3CCC(O3)[C@H]2C1=O. The van der Waals surface area contributed by atoms with Gasteiger partial charge in [-0.2, -0.15) is 0 Å². The van der Waals surface area contributed by atoms with E-state index < -0.39 is 0 Å². The molecule has 2 saturated heterocycles. The minimum absolute atomic E-state index is 0.0238. The fourth-order valence-electron chi connectivity index (χ4n) is 5.06. The summed E-state index contributed by atoms with van der Waals surface area (Å²) in [5.41, 5.74) is 4.21. The number of benzene rings is 2. The molecule has 3 nitrogen and oxygen atoms in total. The number of fused-ring (bicyclic) bond motifs is 5. The van der Waals surface area contributed by atoms with Gasteiger partial charge in [0.1, 0.15) is 5.76 Å². The van der Waals surface area contributed by atoms with Crippen molar-refractivity contribution in [2.75, 3.05) is 0 Å². The van der Waals surface area contributed by atoms with Crippen molar-refractivity contribution in [3.63, 3.8) is 0 Å². The van der Waals surface area contributed by atoms with Crippen LogP contribution in [0.25, 0.3) is 16.7 Å². The summed E-state index contributed by atoms with van der Waals surface area (Å²) in [4.78, 5) is 13.3. The highest BCUT2D eigenvalue weighted by molar-refractivity contribution is 6.42.